The number of carbonyl (C=O) groups excluding carboxylic acids is 1. The highest BCUT2D eigenvalue weighted by Gasteiger charge is 2.14. The van der Waals surface area contributed by atoms with E-state index in [4.69, 9.17) is 5.11 Å². The van der Waals surface area contributed by atoms with Gasteiger partial charge in [-0.2, -0.15) is 0 Å². The number of amides is 1. The summed E-state index contributed by atoms with van der Waals surface area (Å²) in [6.45, 7) is 1.66. The molecule has 0 saturated carbocycles. The molecular formula is C13H13N3O3. The second kappa shape index (κ2) is 4.93. The number of carboxylic acids is 1. The highest BCUT2D eigenvalue weighted by atomic mass is 16.4. The molecule has 0 bridgehead atoms. The molecule has 19 heavy (non-hydrogen) atoms. The molecule has 0 aliphatic heterocycles. The number of aryl methyl sites for hydroxylation is 1. The van der Waals surface area contributed by atoms with Gasteiger partial charge in [0, 0.05) is 12.7 Å². The number of nitrogens with one attached hydrogen (secondary N) is 1. The molecule has 1 heterocycles. The molecule has 6 nitrogen and oxygen atoms in total. The second-order valence-electron chi connectivity index (χ2n) is 4.13. The summed E-state index contributed by atoms with van der Waals surface area (Å²) in [7, 11) is 1.71. The molecule has 0 aliphatic rings. The lowest BCUT2D eigenvalue weighted by Crippen LogP contribution is -2.16. The van der Waals surface area contributed by atoms with Gasteiger partial charge in [-0.15, -0.1) is 0 Å². The van der Waals surface area contributed by atoms with E-state index in [9.17, 15) is 9.59 Å². The minimum atomic E-state index is -1.02. The summed E-state index contributed by atoms with van der Waals surface area (Å²) in [6, 6.07) is 4.75. The number of benzene rings is 1. The predicted molar refractivity (Wildman–Crippen MR) is 69.3 cm³/mol. The smallest absolute Gasteiger partial charge is 0.336 e. The zero-order chi connectivity index (χ0) is 14.0. The van der Waals surface area contributed by atoms with Crippen molar-refractivity contribution in [3.63, 3.8) is 0 Å². The average Bonchev–Trinajstić information content (AvgIpc) is 2.77. The number of rotatable bonds is 3. The number of hydrogen-bond acceptors (Lipinski definition) is 3. The van der Waals surface area contributed by atoms with Crippen molar-refractivity contribution in [2.75, 3.05) is 5.32 Å². The maximum Gasteiger partial charge on any atom is 0.336 e. The van der Waals surface area contributed by atoms with E-state index in [-0.39, 0.29) is 11.5 Å². The summed E-state index contributed by atoms with van der Waals surface area (Å²) in [6.07, 6.45) is 2.97. The van der Waals surface area contributed by atoms with Crippen LogP contribution in [-0.4, -0.2) is 26.5 Å². The Morgan fingerprint density at radius 2 is 2.11 bits per heavy atom. The number of anilines is 1. The van der Waals surface area contributed by atoms with E-state index in [1.807, 2.05) is 0 Å². The number of aromatic carboxylic acids is 1. The molecule has 0 unspecified atom stereocenters. The summed E-state index contributed by atoms with van der Waals surface area (Å²) in [5.74, 6) is -1.35. The first-order valence-electron chi connectivity index (χ1n) is 5.61. The molecule has 1 aromatic carbocycles. The van der Waals surface area contributed by atoms with Gasteiger partial charge in [-0.25, -0.2) is 9.78 Å². The van der Waals surface area contributed by atoms with Crippen LogP contribution in [0.2, 0.25) is 0 Å². The van der Waals surface area contributed by atoms with Gasteiger partial charge in [0.2, 0.25) is 0 Å². The van der Waals surface area contributed by atoms with Gasteiger partial charge in [-0.1, -0.05) is 6.07 Å². The van der Waals surface area contributed by atoms with Gasteiger partial charge in [0.05, 0.1) is 18.1 Å². The first kappa shape index (κ1) is 12.8. The van der Waals surface area contributed by atoms with Crippen LogP contribution < -0.4 is 5.32 Å². The fourth-order valence-electron chi connectivity index (χ4n) is 1.77. The highest BCUT2D eigenvalue weighted by Crippen LogP contribution is 2.19. The normalized spacial score (nSPS) is 10.2. The molecule has 0 aliphatic carbocycles. The van der Waals surface area contributed by atoms with Crippen molar-refractivity contribution in [1.82, 2.24) is 9.55 Å². The molecule has 2 aromatic rings. The second-order valence-corrected chi connectivity index (χ2v) is 4.13. The van der Waals surface area contributed by atoms with Crippen molar-refractivity contribution in [2.45, 2.75) is 6.92 Å². The Balaban J connectivity index is 2.30. The molecule has 0 radical (unpaired) electrons. The Hall–Kier alpha value is -2.63. The van der Waals surface area contributed by atoms with Crippen molar-refractivity contribution < 1.29 is 14.7 Å². The third-order valence-electron chi connectivity index (χ3n) is 2.86. The van der Waals surface area contributed by atoms with E-state index in [2.05, 4.69) is 10.3 Å². The van der Waals surface area contributed by atoms with Gasteiger partial charge in [0.25, 0.3) is 5.91 Å². The van der Waals surface area contributed by atoms with Gasteiger partial charge in [0.15, 0.2) is 0 Å². The lowest BCUT2D eigenvalue weighted by atomic mass is 10.1. The predicted octanol–water partition coefficient (Wildman–Crippen LogP) is 1.68. The Labute approximate surface area is 109 Å². The van der Waals surface area contributed by atoms with E-state index >= 15 is 0 Å². The largest absolute Gasteiger partial charge is 0.478 e. The van der Waals surface area contributed by atoms with Crippen molar-refractivity contribution in [3.8, 4) is 0 Å². The summed E-state index contributed by atoms with van der Waals surface area (Å²) in [5, 5.41) is 11.7. The number of aromatic nitrogens is 2. The fraction of sp³-hybridized carbons (Fsp3) is 0.154. The zero-order valence-corrected chi connectivity index (χ0v) is 10.5. The van der Waals surface area contributed by atoms with Crippen LogP contribution in [0.5, 0.6) is 0 Å². The standard InChI is InChI=1S/C13H13N3O3/c1-8-9(13(18)19)4-3-5-10(8)15-12(17)11-6-14-7-16(11)2/h3-7H,1-2H3,(H,15,17)(H,18,19). The van der Waals surface area contributed by atoms with E-state index in [1.165, 1.54) is 18.6 Å². The minimum Gasteiger partial charge on any atom is -0.478 e. The van der Waals surface area contributed by atoms with Crippen LogP contribution in [0.15, 0.2) is 30.7 Å². The SMILES string of the molecule is Cc1c(NC(=O)c2cncn2C)cccc1C(=O)O. The molecular weight excluding hydrogens is 246 g/mol. The van der Waals surface area contributed by atoms with Gasteiger partial charge in [-0.05, 0) is 24.6 Å². The Morgan fingerprint density at radius 3 is 2.68 bits per heavy atom. The highest BCUT2D eigenvalue weighted by molar-refractivity contribution is 6.04. The quantitative estimate of drug-likeness (QED) is 0.878. The third kappa shape index (κ3) is 2.47. The van der Waals surface area contributed by atoms with E-state index in [0.29, 0.717) is 16.9 Å². The molecule has 98 valence electrons. The molecule has 1 amide bonds. The van der Waals surface area contributed by atoms with Gasteiger partial charge >= 0.3 is 5.97 Å². The van der Waals surface area contributed by atoms with E-state index < -0.39 is 5.97 Å². The Morgan fingerprint density at radius 1 is 1.37 bits per heavy atom. The van der Waals surface area contributed by atoms with Crippen LogP contribution >= 0.6 is 0 Å². The molecule has 6 heteroatoms. The van der Waals surface area contributed by atoms with Gasteiger partial charge in [-0.3, -0.25) is 4.79 Å². The average molecular weight is 259 g/mol. The Bertz CT molecular complexity index is 646. The maximum atomic E-state index is 12.0. The number of imidazole rings is 1. The first-order chi connectivity index (χ1) is 9.00. The number of nitrogens with zero attached hydrogens (tertiary/aromatic N) is 2. The van der Waals surface area contributed by atoms with Crippen LogP contribution in [0.4, 0.5) is 5.69 Å². The van der Waals surface area contributed by atoms with Crippen molar-refractivity contribution in [3.05, 3.63) is 47.5 Å². The number of carboxylic acid groups (broad SMARTS) is 1. The van der Waals surface area contributed by atoms with E-state index in [0.717, 1.165) is 0 Å². The van der Waals surface area contributed by atoms with Crippen molar-refractivity contribution in [2.24, 2.45) is 7.05 Å². The Kier molecular flexibility index (Phi) is 3.33. The van der Waals surface area contributed by atoms with Crippen LogP contribution in [0.25, 0.3) is 0 Å². The molecule has 0 atom stereocenters. The van der Waals surface area contributed by atoms with Crippen LogP contribution in [0.3, 0.4) is 0 Å². The van der Waals surface area contributed by atoms with Gasteiger partial charge < -0.3 is 15.0 Å². The topological polar surface area (TPSA) is 84.2 Å². The third-order valence-corrected chi connectivity index (χ3v) is 2.86. The zero-order valence-electron chi connectivity index (χ0n) is 10.5. The van der Waals surface area contributed by atoms with E-state index in [1.54, 1.807) is 30.7 Å². The summed E-state index contributed by atoms with van der Waals surface area (Å²) in [5.41, 5.74) is 1.57. The number of carbonyl (C=O) groups is 2. The van der Waals surface area contributed by atoms with Crippen LogP contribution in [0, 0.1) is 6.92 Å². The van der Waals surface area contributed by atoms with Crippen LogP contribution in [0.1, 0.15) is 26.4 Å². The maximum absolute atomic E-state index is 12.0. The summed E-state index contributed by atoms with van der Waals surface area (Å²) in [4.78, 5) is 26.9. The lowest BCUT2D eigenvalue weighted by Gasteiger charge is -2.10. The lowest BCUT2D eigenvalue weighted by molar-refractivity contribution is 0.0695. The summed E-state index contributed by atoms with van der Waals surface area (Å²) >= 11 is 0. The van der Waals surface area contributed by atoms with Crippen molar-refractivity contribution >= 4 is 17.6 Å². The molecule has 0 spiro atoms. The summed E-state index contributed by atoms with van der Waals surface area (Å²) < 4.78 is 1.59. The molecule has 2 rings (SSSR count). The minimum absolute atomic E-state index is 0.169. The van der Waals surface area contributed by atoms with Crippen LogP contribution in [-0.2, 0) is 7.05 Å². The molecule has 0 saturated heterocycles. The first-order valence-corrected chi connectivity index (χ1v) is 5.61. The molecule has 1 aromatic heterocycles. The van der Waals surface area contributed by atoms with Gasteiger partial charge in [0.1, 0.15) is 5.69 Å². The molecule has 0 fully saturated rings. The van der Waals surface area contributed by atoms with Crippen molar-refractivity contribution in [1.29, 1.82) is 0 Å². The molecule has 2 N–H and O–H groups in total. The fourth-order valence-corrected chi connectivity index (χ4v) is 1.77. The number of hydrogen-bond donors (Lipinski definition) is 2. The monoisotopic (exact) mass is 259 g/mol.